The van der Waals surface area contributed by atoms with Gasteiger partial charge in [0.15, 0.2) is 11.5 Å². The maximum Gasteiger partial charge on any atom is 0.274 e. The highest BCUT2D eigenvalue weighted by atomic mass is 19.1. The first-order valence-electron chi connectivity index (χ1n) is 8.36. The number of benzene rings is 1. The van der Waals surface area contributed by atoms with Crippen molar-refractivity contribution in [3.8, 4) is 0 Å². The second-order valence-corrected chi connectivity index (χ2v) is 6.36. The number of hydrogen-bond donors (Lipinski definition) is 0. The van der Waals surface area contributed by atoms with Gasteiger partial charge in [-0.05, 0) is 54.7 Å². The lowest BCUT2D eigenvalue weighted by atomic mass is 9.99. The molecule has 0 aliphatic carbocycles. The molecule has 124 valence electrons. The molecule has 0 spiro atoms. The van der Waals surface area contributed by atoms with E-state index in [4.69, 9.17) is 0 Å². The molecule has 0 N–H and O–H groups in total. The smallest absolute Gasteiger partial charge is 0.274 e. The summed E-state index contributed by atoms with van der Waals surface area (Å²) in [6.45, 7) is 3.03. The molecule has 6 heteroatoms. The number of nitrogens with zero attached hydrogens (tertiary/aromatic N) is 4. The van der Waals surface area contributed by atoms with E-state index in [-0.39, 0.29) is 11.7 Å². The summed E-state index contributed by atoms with van der Waals surface area (Å²) < 4.78 is 13.4. The minimum atomic E-state index is -0.266. The molecule has 5 nitrogen and oxygen atoms in total. The van der Waals surface area contributed by atoms with Crippen LogP contribution >= 0.6 is 0 Å². The van der Waals surface area contributed by atoms with Gasteiger partial charge in [-0.3, -0.25) is 4.79 Å². The van der Waals surface area contributed by atoms with Gasteiger partial charge in [0, 0.05) is 26.2 Å². The van der Waals surface area contributed by atoms with Crippen molar-refractivity contribution in [1.29, 1.82) is 0 Å². The Morgan fingerprint density at radius 2 is 1.83 bits per heavy atom. The second kappa shape index (κ2) is 6.19. The van der Waals surface area contributed by atoms with E-state index in [2.05, 4.69) is 15.1 Å². The third-order valence-corrected chi connectivity index (χ3v) is 4.77. The van der Waals surface area contributed by atoms with E-state index in [0.717, 1.165) is 36.5 Å². The zero-order chi connectivity index (χ0) is 16.5. The molecule has 24 heavy (non-hydrogen) atoms. The van der Waals surface area contributed by atoms with Crippen molar-refractivity contribution < 1.29 is 9.18 Å². The van der Waals surface area contributed by atoms with E-state index in [1.165, 1.54) is 25.0 Å². The number of anilines is 1. The normalized spacial score (nSPS) is 17.0. The largest absolute Gasteiger partial charge is 0.355 e. The summed E-state index contributed by atoms with van der Waals surface area (Å²) in [7, 11) is 0. The molecule has 1 saturated heterocycles. The lowest BCUT2D eigenvalue weighted by Gasteiger charge is -2.28. The summed E-state index contributed by atoms with van der Waals surface area (Å²) in [5, 5.41) is 8.32. The zero-order valence-electron chi connectivity index (χ0n) is 13.4. The van der Waals surface area contributed by atoms with Gasteiger partial charge in [0.25, 0.3) is 5.91 Å². The Morgan fingerprint density at radius 3 is 2.58 bits per heavy atom. The highest BCUT2D eigenvalue weighted by molar-refractivity contribution is 5.92. The summed E-state index contributed by atoms with van der Waals surface area (Å²) in [6, 6.07) is 8.39. The Balaban J connectivity index is 1.49. The molecule has 0 unspecified atom stereocenters. The monoisotopic (exact) mass is 326 g/mol. The minimum absolute atomic E-state index is 0.148. The highest BCUT2D eigenvalue weighted by Crippen LogP contribution is 2.22. The molecule has 1 aromatic heterocycles. The van der Waals surface area contributed by atoms with Crippen LogP contribution in [0.25, 0.3) is 0 Å². The van der Waals surface area contributed by atoms with E-state index in [1.54, 1.807) is 17.0 Å². The Kier molecular flexibility index (Phi) is 3.88. The van der Waals surface area contributed by atoms with Gasteiger partial charge in [-0.1, -0.05) is 6.07 Å². The van der Waals surface area contributed by atoms with Crippen molar-refractivity contribution >= 4 is 11.7 Å². The average Bonchev–Trinajstić information content (AvgIpc) is 3.15. The van der Waals surface area contributed by atoms with Crippen molar-refractivity contribution in [1.82, 2.24) is 15.1 Å². The van der Waals surface area contributed by atoms with Crippen LogP contribution < -0.4 is 4.90 Å². The average molecular weight is 326 g/mol. The molecule has 1 aromatic carbocycles. The number of amides is 1. The highest BCUT2D eigenvalue weighted by Gasteiger charge is 2.24. The number of rotatable bonds is 2. The number of halogens is 1. The number of carbonyl (C=O) groups excluding carboxylic acids is 1. The van der Waals surface area contributed by atoms with Crippen molar-refractivity contribution in [2.45, 2.75) is 25.8 Å². The van der Waals surface area contributed by atoms with Crippen LogP contribution in [-0.2, 0) is 13.0 Å². The van der Waals surface area contributed by atoms with Gasteiger partial charge in [-0.15, -0.1) is 10.2 Å². The van der Waals surface area contributed by atoms with Gasteiger partial charge in [-0.25, -0.2) is 4.39 Å². The molecular formula is C18H19FN4O. The quantitative estimate of drug-likeness (QED) is 0.850. The van der Waals surface area contributed by atoms with Gasteiger partial charge in [0.2, 0.25) is 0 Å². The minimum Gasteiger partial charge on any atom is -0.355 e. The van der Waals surface area contributed by atoms with Crippen LogP contribution in [0.1, 0.15) is 34.5 Å². The fourth-order valence-electron chi connectivity index (χ4n) is 3.42. The molecule has 1 amide bonds. The van der Waals surface area contributed by atoms with Crippen LogP contribution in [0.5, 0.6) is 0 Å². The summed E-state index contributed by atoms with van der Waals surface area (Å²) >= 11 is 0. The molecule has 2 aromatic rings. The SMILES string of the molecule is O=C(c1ccc(N2CCCC2)nn1)N1CCc2ccc(F)cc2C1. The molecule has 0 atom stereocenters. The van der Waals surface area contributed by atoms with Crippen LogP contribution in [0.3, 0.4) is 0 Å². The Hall–Kier alpha value is -2.50. The molecule has 0 radical (unpaired) electrons. The van der Waals surface area contributed by atoms with E-state index < -0.39 is 0 Å². The fraction of sp³-hybridized carbons (Fsp3) is 0.389. The van der Waals surface area contributed by atoms with Gasteiger partial charge in [0.1, 0.15) is 5.82 Å². The number of aromatic nitrogens is 2. The molecule has 2 aliphatic heterocycles. The Labute approximate surface area is 140 Å². The van der Waals surface area contributed by atoms with Crippen molar-refractivity contribution in [2.24, 2.45) is 0 Å². The molecule has 0 bridgehead atoms. The summed E-state index contributed by atoms with van der Waals surface area (Å²) in [5.74, 6) is 0.415. The lowest BCUT2D eigenvalue weighted by molar-refractivity contribution is 0.0727. The van der Waals surface area contributed by atoms with Crippen LogP contribution in [0, 0.1) is 5.82 Å². The van der Waals surface area contributed by atoms with Gasteiger partial charge in [-0.2, -0.15) is 0 Å². The first-order chi connectivity index (χ1) is 11.7. The zero-order valence-corrected chi connectivity index (χ0v) is 13.4. The van der Waals surface area contributed by atoms with E-state index in [9.17, 15) is 9.18 Å². The molecule has 0 saturated carbocycles. The number of carbonyl (C=O) groups is 1. The van der Waals surface area contributed by atoms with Crippen molar-refractivity contribution in [2.75, 3.05) is 24.5 Å². The predicted octanol–water partition coefficient (Wildman–Crippen LogP) is 2.41. The topological polar surface area (TPSA) is 49.3 Å². The van der Waals surface area contributed by atoms with E-state index in [1.807, 2.05) is 6.07 Å². The summed E-state index contributed by atoms with van der Waals surface area (Å²) in [4.78, 5) is 16.5. The number of fused-ring (bicyclic) bond motifs is 1. The molecule has 3 heterocycles. The Bertz CT molecular complexity index is 756. The van der Waals surface area contributed by atoms with Crippen LogP contribution in [0.4, 0.5) is 10.2 Å². The standard InChI is InChI=1S/C18H19FN4O/c19-15-4-3-13-7-10-23(12-14(13)11-15)18(24)16-5-6-17(21-20-16)22-8-1-2-9-22/h3-6,11H,1-2,7-10,12H2. The molecule has 2 aliphatic rings. The second-order valence-electron chi connectivity index (χ2n) is 6.36. The fourth-order valence-corrected chi connectivity index (χ4v) is 3.42. The van der Waals surface area contributed by atoms with Gasteiger partial charge in [0.05, 0.1) is 0 Å². The van der Waals surface area contributed by atoms with Gasteiger partial charge < -0.3 is 9.80 Å². The summed E-state index contributed by atoms with van der Waals surface area (Å²) in [6.07, 6.45) is 3.08. The lowest BCUT2D eigenvalue weighted by Crippen LogP contribution is -2.36. The van der Waals surface area contributed by atoms with Crippen LogP contribution in [0.15, 0.2) is 30.3 Å². The number of hydrogen-bond acceptors (Lipinski definition) is 4. The third kappa shape index (κ3) is 2.84. The van der Waals surface area contributed by atoms with Crippen molar-refractivity contribution in [3.63, 3.8) is 0 Å². The maximum absolute atomic E-state index is 13.4. The molecule has 1 fully saturated rings. The molecule has 4 rings (SSSR count). The maximum atomic E-state index is 13.4. The molecular weight excluding hydrogens is 307 g/mol. The van der Waals surface area contributed by atoms with Crippen LogP contribution in [-0.4, -0.2) is 40.6 Å². The van der Waals surface area contributed by atoms with E-state index >= 15 is 0 Å². The third-order valence-electron chi connectivity index (χ3n) is 4.77. The van der Waals surface area contributed by atoms with Crippen molar-refractivity contribution in [3.05, 3.63) is 53.0 Å². The van der Waals surface area contributed by atoms with E-state index in [0.29, 0.717) is 18.8 Å². The summed E-state index contributed by atoms with van der Waals surface area (Å²) in [5.41, 5.74) is 2.32. The Morgan fingerprint density at radius 1 is 1.00 bits per heavy atom. The van der Waals surface area contributed by atoms with Crippen LogP contribution in [0.2, 0.25) is 0 Å². The first-order valence-corrected chi connectivity index (χ1v) is 8.36. The van der Waals surface area contributed by atoms with Gasteiger partial charge >= 0.3 is 0 Å². The first kappa shape index (κ1) is 15.1. The predicted molar refractivity (Wildman–Crippen MR) is 88.3 cm³/mol.